The number of hydrogen-bond acceptors (Lipinski definition) is 6. The summed E-state index contributed by atoms with van der Waals surface area (Å²) < 4.78 is 0. The van der Waals surface area contributed by atoms with Gasteiger partial charge in [0.1, 0.15) is 11.5 Å². The van der Waals surface area contributed by atoms with E-state index >= 15 is 0 Å². The molecule has 1 aliphatic rings. The number of carboxylic acid groups (broad SMARTS) is 1. The molecule has 0 aliphatic carbocycles. The third-order valence-corrected chi connectivity index (χ3v) is 4.69. The van der Waals surface area contributed by atoms with Gasteiger partial charge in [0.2, 0.25) is 0 Å². The number of carboxylic acids is 1. The molecule has 0 atom stereocenters. The molecule has 4 N–H and O–H groups in total. The van der Waals surface area contributed by atoms with Gasteiger partial charge in [0.05, 0.1) is 11.9 Å². The maximum Gasteiger partial charge on any atom is 0.352 e. The molecule has 2 aromatic rings. The fourth-order valence-corrected chi connectivity index (χ4v) is 3.24. The normalized spacial score (nSPS) is 16.4. The predicted octanol–water partition coefficient (Wildman–Crippen LogP) is 2.77. The molecule has 3 rings (SSSR count). The summed E-state index contributed by atoms with van der Waals surface area (Å²) in [6.07, 6.45) is 7.05. The van der Waals surface area contributed by atoms with Crippen LogP contribution in [0.1, 0.15) is 19.7 Å². The number of hydrogen-bond donors (Lipinski definition) is 3. The number of aromatic amines is 1. The minimum atomic E-state index is -1.20. The molecule has 0 aromatic carbocycles. The van der Waals surface area contributed by atoms with Gasteiger partial charge in [-0.3, -0.25) is 5.10 Å². The minimum Gasteiger partial charge on any atom is -0.477 e. The standard InChI is InChI=1S/C21H24N6O2/c1-5-6-14-11-27(10-13(14)4)17-7-16(15-8-23-24-9-15)25-20(26-17)18(12(2)3)19(22)21(28)29/h5-9,12H,1,4,10-11,22H2,2-3H3,(H,23,24)(H,28,29)/b14-6-,19-18-. The molecule has 0 bridgehead atoms. The van der Waals surface area contributed by atoms with Gasteiger partial charge < -0.3 is 15.7 Å². The Labute approximate surface area is 169 Å². The molecule has 29 heavy (non-hydrogen) atoms. The fourth-order valence-electron chi connectivity index (χ4n) is 3.24. The van der Waals surface area contributed by atoms with Crippen molar-refractivity contribution in [2.24, 2.45) is 11.7 Å². The molecular formula is C21H24N6O2. The van der Waals surface area contributed by atoms with Crippen LogP contribution in [0.25, 0.3) is 16.8 Å². The zero-order valence-electron chi connectivity index (χ0n) is 16.5. The predicted molar refractivity (Wildman–Crippen MR) is 113 cm³/mol. The van der Waals surface area contributed by atoms with Crippen LogP contribution in [-0.4, -0.2) is 44.3 Å². The zero-order chi connectivity index (χ0) is 21.1. The average molecular weight is 392 g/mol. The highest BCUT2D eigenvalue weighted by Crippen LogP contribution is 2.31. The maximum atomic E-state index is 11.5. The lowest BCUT2D eigenvalue weighted by molar-refractivity contribution is -0.132. The SMILES string of the molecule is C=C/C=C1/CN(c2cc(-c3cn[nH]c3)nc(/C(=C(\N)C(=O)O)C(C)C)n2)CC1=C. The lowest BCUT2D eigenvalue weighted by Crippen LogP contribution is -2.22. The van der Waals surface area contributed by atoms with Gasteiger partial charge >= 0.3 is 5.97 Å². The van der Waals surface area contributed by atoms with Crippen LogP contribution in [0.15, 0.2) is 60.6 Å². The number of H-pyrrole nitrogens is 1. The molecule has 1 fully saturated rings. The van der Waals surface area contributed by atoms with Crippen molar-refractivity contribution in [3.05, 3.63) is 66.4 Å². The lowest BCUT2D eigenvalue weighted by Gasteiger charge is -2.20. The molecule has 0 amide bonds. The van der Waals surface area contributed by atoms with E-state index in [0.717, 1.165) is 16.7 Å². The Morgan fingerprint density at radius 3 is 2.72 bits per heavy atom. The summed E-state index contributed by atoms with van der Waals surface area (Å²) in [6, 6.07) is 1.85. The number of nitrogens with two attached hydrogens (primary N) is 1. The van der Waals surface area contributed by atoms with Gasteiger partial charge in [-0.1, -0.05) is 39.2 Å². The fraction of sp³-hybridized carbons (Fsp3) is 0.238. The minimum absolute atomic E-state index is 0.177. The molecule has 1 saturated heterocycles. The highest BCUT2D eigenvalue weighted by atomic mass is 16.4. The molecule has 8 nitrogen and oxygen atoms in total. The molecule has 150 valence electrons. The molecule has 8 heteroatoms. The summed E-state index contributed by atoms with van der Waals surface area (Å²) in [6.45, 7) is 12.8. The maximum absolute atomic E-state index is 11.5. The molecule has 0 saturated carbocycles. The Kier molecular flexibility index (Phi) is 5.63. The van der Waals surface area contributed by atoms with Crippen LogP contribution in [0.2, 0.25) is 0 Å². The van der Waals surface area contributed by atoms with Crippen LogP contribution in [0.3, 0.4) is 0 Å². The molecular weight excluding hydrogens is 368 g/mol. The first kappa shape index (κ1) is 20.1. The van der Waals surface area contributed by atoms with E-state index < -0.39 is 5.97 Å². The van der Waals surface area contributed by atoms with E-state index in [1.807, 2.05) is 26.0 Å². The van der Waals surface area contributed by atoms with Crippen molar-refractivity contribution in [2.75, 3.05) is 18.0 Å². The van der Waals surface area contributed by atoms with Crippen LogP contribution in [0.4, 0.5) is 5.82 Å². The second kappa shape index (κ2) is 8.14. The number of nitrogens with zero attached hydrogens (tertiary/aromatic N) is 4. The largest absolute Gasteiger partial charge is 0.477 e. The summed E-state index contributed by atoms with van der Waals surface area (Å²) in [5.41, 5.74) is 9.48. The number of allylic oxidation sites excluding steroid dienone is 3. The Bertz CT molecular complexity index is 1020. The van der Waals surface area contributed by atoms with E-state index in [-0.39, 0.29) is 11.6 Å². The first-order valence-electron chi connectivity index (χ1n) is 9.18. The number of anilines is 1. The number of rotatable bonds is 6. The van der Waals surface area contributed by atoms with E-state index in [1.165, 1.54) is 0 Å². The quantitative estimate of drug-likeness (QED) is 0.646. The second-order valence-electron chi connectivity index (χ2n) is 7.10. The molecule has 0 radical (unpaired) electrons. The smallest absolute Gasteiger partial charge is 0.352 e. The van der Waals surface area contributed by atoms with Crippen LogP contribution < -0.4 is 10.6 Å². The van der Waals surface area contributed by atoms with Gasteiger partial charge in [-0.25, -0.2) is 14.8 Å². The van der Waals surface area contributed by atoms with E-state index in [2.05, 4.69) is 38.2 Å². The summed E-state index contributed by atoms with van der Waals surface area (Å²) in [4.78, 5) is 22.9. The van der Waals surface area contributed by atoms with Gasteiger partial charge in [-0.2, -0.15) is 5.10 Å². The van der Waals surface area contributed by atoms with Crippen molar-refractivity contribution in [2.45, 2.75) is 13.8 Å². The van der Waals surface area contributed by atoms with Gasteiger partial charge in [-0.15, -0.1) is 0 Å². The van der Waals surface area contributed by atoms with Crippen LogP contribution in [-0.2, 0) is 4.79 Å². The Morgan fingerprint density at radius 1 is 1.38 bits per heavy atom. The van der Waals surface area contributed by atoms with Gasteiger partial charge in [0.15, 0.2) is 5.82 Å². The number of nitrogens with one attached hydrogen (secondary N) is 1. The summed E-state index contributed by atoms with van der Waals surface area (Å²) in [5, 5.41) is 16.2. The van der Waals surface area contributed by atoms with Crippen LogP contribution in [0.5, 0.6) is 0 Å². The molecule has 0 unspecified atom stereocenters. The van der Waals surface area contributed by atoms with Gasteiger partial charge in [0, 0.05) is 36.5 Å². The van der Waals surface area contributed by atoms with E-state index in [4.69, 9.17) is 5.73 Å². The highest BCUT2D eigenvalue weighted by molar-refractivity contribution is 5.95. The first-order valence-corrected chi connectivity index (χ1v) is 9.18. The Morgan fingerprint density at radius 2 is 2.14 bits per heavy atom. The highest BCUT2D eigenvalue weighted by Gasteiger charge is 2.25. The second-order valence-corrected chi connectivity index (χ2v) is 7.10. The van der Waals surface area contributed by atoms with Crippen molar-refractivity contribution >= 4 is 17.4 Å². The topological polar surface area (TPSA) is 121 Å². The third-order valence-electron chi connectivity index (χ3n) is 4.69. The molecule has 3 heterocycles. The third kappa shape index (κ3) is 4.11. The van der Waals surface area contributed by atoms with Crippen LogP contribution >= 0.6 is 0 Å². The monoisotopic (exact) mass is 392 g/mol. The number of aliphatic carboxylic acids is 1. The first-order chi connectivity index (χ1) is 13.8. The van der Waals surface area contributed by atoms with Crippen molar-refractivity contribution < 1.29 is 9.90 Å². The van der Waals surface area contributed by atoms with E-state index in [1.54, 1.807) is 18.5 Å². The average Bonchev–Trinajstić information content (AvgIpc) is 3.32. The van der Waals surface area contributed by atoms with Crippen molar-refractivity contribution in [1.82, 2.24) is 20.2 Å². The Balaban J connectivity index is 2.17. The lowest BCUT2D eigenvalue weighted by atomic mass is 9.99. The van der Waals surface area contributed by atoms with Crippen molar-refractivity contribution in [3.63, 3.8) is 0 Å². The van der Waals surface area contributed by atoms with E-state index in [9.17, 15) is 9.90 Å². The van der Waals surface area contributed by atoms with Crippen molar-refractivity contribution in [3.8, 4) is 11.3 Å². The summed E-state index contributed by atoms with van der Waals surface area (Å²) in [7, 11) is 0. The van der Waals surface area contributed by atoms with Crippen LogP contribution in [0, 0.1) is 5.92 Å². The zero-order valence-corrected chi connectivity index (χ0v) is 16.5. The van der Waals surface area contributed by atoms with Gasteiger partial charge in [-0.05, 0) is 17.1 Å². The summed E-state index contributed by atoms with van der Waals surface area (Å²) >= 11 is 0. The molecule has 2 aromatic heterocycles. The summed E-state index contributed by atoms with van der Waals surface area (Å²) in [5.74, 6) is -0.418. The number of aromatic nitrogens is 4. The Hall–Kier alpha value is -3.68. The van der Waals surface area contributed by atoms with E-state index in [0.29, 0.717) is 36.0 Å². The number of carbonyl (C=O) groups is 1. The van der Waals surface area contributed by atoms with Gasteiger partial charge in [0.25, 0.3) is 0 Å². The molecule has 1 aliphatic heterocycles. The van der Waals surface area contributed by atoms with Crippen molar-refractivity contribution in [1.29, 1.82) is 0 Å². The molecule has 0 spiro atoms.